The number of pyridine rings is 1. The Morgan fingerprint density at radius 2 is 2.07 bits per heavy atom. The van der Waals surface area contributed by atoms with Crippen LogP contribution in [0.2, 0.25) is 0 Å². The second-order valence-electron chi connectivity index (χ2n) is 6.35. The van der Waals surface area contributed by atoms with Gasteiger partial charge in [-0.2, -0.15) is 5.10 Å². The molecule has 6 nitrogen and oxygen atoms in total. The van der Waals surface area contributed by atoms with E-state index in [1.165, 1.54) is 11.3 Å². The van der Waals surface area contributed by atoms with Crippen LogP contribution < -0.4 is 4.74 Å². The molecule has 0 spiro atoms. The van der Waals surface area contributed by atoms with Gasteiger partial charge in [-0.3, -0.25) is 14.5 Å². The minimum absolute atomic E-state index is 0.223. The van der Waals surface area contributed by atoms with Crippen LogP contribution in [-0.2, 0) is 6.61 Å². The Labute approximate surface area is 160 Å². The molecule has 0 aliphatic rings. The zero-order valence-electron chi connectivity index (χ0n) is 15.0. The van der Waals surface area contributed by atoms with Gasteiger partial charge in [-0.25, -0.2) is 4.98 Å². The van der Waals surface area contributed by atoms with E-state index in [0.717, 1.165) is 33.5 Å². The molecule has 0 saturated carbocycles. The maximum Gasteiger partial charge on any atom is 0.155 e. The Morgan fingerprint density at radius 1 is 1.19 bits per heavy atom. The van der Waals surface area contributed by atoms with Crippen LogP contribution in [0.4, 0.5) is 0 Å². The highest BCUT2D eigenvalue weighted by Gasteiger charge is 2.15. The van der Waals surface area contributed by atoms with Crippen molar-refractivity contribution in [3.8, 4) is 17.1 Å². The average molecular weight is 378 g/mol. The minimum atomic E-state index is 0.223. The number of nitrogens with zero attached hydrogens (tertiary/aromatic N) is 4. The van der Waals surface area contributed by atoms with Gasteiger partial charge in [-0.05, 0) is 38.1 Å². The molecule has 136 valence electrons. The van der Waals surface area contributed by atoms with Gasteiger partial charge in [0.1, 0.15) is 12.4 Å². The molecule has 0 atom stereocenters. The molecule has 0 amide bonds. The third-order valence-electron chi connectivity index (χ3n) is 4.29. The van der Waals surface area contributed by atoms with Gasteiger partial charge in [-0.1, -0.05) is 6.07 Å². The fourth-order valence-electron chi connectivity index (χ4n) is 3.02. The largest absolute Gasteiger partial charge is 0.488 e. The second-order valence-corrected chi connectivity index (χ2v) is 7.21. The van der Waals surface area contributed by atoms with Crippen LogP contribution in [0.3, 0.4) is 0 Å². The normalized spacial score (nSPS) is 11.2. The number of thiazole rings is 1. The summed E-state index contributed by atoms with van der Waals surface area (Å²) in [6.45, 7) is 4.46. The number of hydrogen-bond donors (Lipinski definition) is 0. The van der Waals surface area contributed by atoms with Crippen molar-refractivity contribution < 1.29 is 9.53 Å². The van der Waals surface area contributed by atoms with Gasteiger partial charge in [0.25, 0.3) is 0 Å². The quantitative estimate of drug-likeness (QED) is 0.461. The summed E-state index contributed by atoms with van der Waals surface area (Å²) in [6.07, 6.45) is 4.36. The zero-order chi connectivity index (χ0) is 18.8. The number of aldehydes is 1. The standard InChI is InChI=1S/C20H18N4O2S/c1-13(2)24-17(7-9-23-24)19-14(4-3-8-21-19)11-26-18-6-5-16-20(15(18)10-25)27-12-22-16/h3-10,12-13H,11H2,1-2H3. The fraction of sp³-hybridized carbons (Fsp3) is 0.200. The van der Waals surface area contributed by atoms with E-state index in [9.17, 15) is 4.79 Å². The minimum Gasteiger partial charge on any atom is -0.488 e. The van der Waals surface area contributed by atoms with E-state index < -0.39 is 0 Å². The Bertz CT molecular complexity index is 1100. The van der Waals surface area contributed by atoms with Crippen LogP contribution in [0.25, 0.3) is 21.6 Å². The molecule has 1 aromatic carbocycles. The molecule has 7 heteroatoms. The van der Waals surface area contributed by atoms with Crippen LogP contribution in [0.15, 0.2) is 48.2 Å². The van der Waals surface area contributed by atoms with Crippen LogP contribution in [-0.4, -0.2) is 26.0 Å². The van der Waals surface area contributed by atoms with Crippen LogP contribution in [0, 0.1) is 0 Å². The molecular formula is C20H18N4O2S. The topological polar surface area (TPSA) is 69.9 Å². The van der Waals surface area contributed by atoms with Crippen molar-refractivity contribution in [1.29, 1.82) is 0 Å². The van der Waals surface area contributed by atoms with Gasteiger partial charge in [0.05, 0.1) is 32.7 Å². The van der Waals surface area contributed by atoms with Gasteiger partial charge in [0.15, 0.2) is 6.29 Å². The molecule has 0 aliphatic carbocycles. The molecule has 0 fully saturated rings. The molecule has 3 aromatic heterocycles. The molecule has 4 rings (SSSR count). The zero-order valence-corrected chi connectivity index (χ0v) is 15.8. The van der Waals surface area contributed by atoms with E-state index in [1.54, 1.807) is 24.0 Å². The lowest BCUT2D eigenvalue weighted by Gasteiger charge is -2.14. The van der Waals surface area contributed by atoms with Crippen molar-refractivity contribution in [3.63, 3.8) is 0 Å². The maximum absolute atomic E-state index is 11.6. The molecule has 0 saturated heterocycles. The first kappa shape index (κ1) is 17.4. The number of rotatable bonds is 6. The van der Waals surface area contributed by atoms with E-state index in [4.69, 9.17) is 4.74 Å². The molecule has 4 aromatic rings. The fourth-order valence-corrected chi connectivity index (χ4v) is 3.81. The van der Waals surface area contributed by atoms with Gasteiger partial charge in [0.2, 0.25) is 0 Å². The number of aromatic nitrogens is 4. The van der Waals surface area contributed by atoms with Gasteiger partial charge < -0.3 is 4.74 Å². The predicted molar refractivity (Wildman–Crippen MR) is 105 cm³/mol. The van der Waals surface area contributed by atoms with Crippen molar-refractivity contribution in [1.82, 2.24) is 19.7 Å². The first-order chi connectivity index (χ1) is 13.2. The van der Waals surface area contributed by atoms with Gasteiger partial charge in [0, 0.05) is 24.0 Å². The summed E-state index contributed by atoms with van der Waals surface area (Å²) in [4.78, 5) is 20.4. The smallest absolute Gasteiger partial charge is 0.155 e. The lowest BCUT2D eigenvalue weighted by atomic mass is 10.1. The number of ether oxygens (including phenoxy) is 1. The number of carbonyl (C=O) groups is 1. The van der Waals surface area contributed by atoms with Gasteiger partial charge in [-0.15, -0.1) is 11.3 Å². The molecular weight excluding hydrogens is 360 g/mol. The van der Waals surface area contributed by atoms with Crippen molar-refractivity contribution >= 4 is 27.8 Å². The van der Waals surface area contributed by atoms with Gasteiger partial charge >= 0.3 is 0 Å². The summed E-state index contributed by atoms with van der Waals surface area (Å²) in [5.41, 5.74) is 5.77. The summed E-state index contributed by atoms with van der Waals surface area (Å²) >= 11 is 1.43. The Morgan fingerprint density at radius 3 is 2.89 bits per heavy atom. The van der Waals surface area contributed by atoms with Crippen molar-refractivity contribution in [3.05, 3.63) is 59.4 Å². The highest BCUT2D eigenvalue weighted by molar-refractivity contribution is 7.17. The highest BCUT2D eigenvalue weighted by Crippen LogP contribution is 2.30. The number of fused-ring (bicyclic) bond motifs is 1. The molecule has 0 bridgehead atoms. The summed E-state index contributed by atoms with van der Waals surface area (Å²) in [6, 6.07) is 9.69. The van der Waals surface area contributed by atoms with Crippen LogP contribution >= 0.6 is 11.3 Å². The van der Waals surface area contributed by atoms with Crippen molar-refractivity contribution in [2.45, 2.75) is 26.5 Å². The summed E-state index contributed by atoms with van der Waals surface area (Å²) in [5.74, 6) is 0.550. The predicted octanol–water partition coefficient (Wildman–Crippen LogP) is 4.53. The molecule has 0 radical (unpaired) electrons. The average Bonchev–Trinajstić information content (AvgIpc) is 3.35. The molecule has 0 N–H and O–H groups in total. The molecule has 3 heterocycles. The summed E-state index contributed by atoms with van der Waals surface area (Å²) in [7, 11) is 0. The number of benzene rings is 1. The lowest BCUT2D eigenvalue weighted by molar-refractivity contribution is 0.112. The van der Waals surface area contributed by atoms with Crippen LogP contribution in [0.5, 0.6) is 5.75 Å². The highest BCUT2D eigenvalue weighted by atomic mass is 32.1. The molecule has 0 aliphatic heterocycles. The maximum atomic E-state index is 11.6. The third kappa shape index (κ3) is 3.21. The number of hydrogen-bond acceptors (Lipinski definition) is 6. The monoisotopic (exact) mass is 378 g/mol. The first-order valence-corrected chi connectivity index (χ1v) is 9.49. The van der Waals surface area contributed by atoms with Crippen molar-refractivity contribution in [2.24, 2.45) is 0 Å². The molecule has 0 unspecified atom stereocenters. The van der Waals surface area contributed by atoms with Crippen LogP contribution in [0.1, 0.15) is 35.8 Å². The second kappa shape index (κ2) is 7.28. The van der Waals surface area contributed by atoms with E-state index in [2.05, 4.69) is 28.9 Å². The Balaban J connectivity index is 1.67. The van der Waals surface area contributed by atoms with E-state index in [-0.39, 0.29) is 6.04 Å². The Kier molecular flexibility index (Phi) is 4.68. The summed E-state index contributed by atoms with van der Waals surface area (Å²) < 4.78 is 8.78. The van der Waals surface area contributed by atoms with E-state index in [0.29, 0.717) is 17.9 Å². The Hall–Kier alpha value is -3.06. The molecule has 27 heavy (non-hydrogen) atoms. The SMILES string of the molecule is CC(C)n1nccc1-c1ncccc1COc1ccc2ncsc2c1C=O. The van der Waals surface area contributed by atoms with E-state index in [1.807, 2.05) is 28.9 Å². The number of carbonyl (C=O) groups excluding carboxylic acids is 1. The summed E-state index contributed by atoms with van der Waals surface area (Å²) in [5, 5.41) is 4.39. The first-order valence-electron chi connectivity index (χ1n) is 8.61. The third-order valence-corrected chi connectivity index (χ3v) is 5.17. The van der Waals surface area contributed by atoms with E-state index >= 15 is 0 Å². The lowest BCUT2D eigenvalue weighted by Crippen LogP contribution is -2.08. The van der Waals surface area contributed by atoms with Crippen molar-refractivity contribution in [2.75, 3.05) is 0 Å².